The third-order valence-electron chi connectivity index (χ3n) is 1.63. The molecule has 0 aliphatic rings. The Balaban J connectivity index is 4.21. The number of thiol groups is 1. The maximum absolute atomic E-state index is 11.9. The lowest BCUT2D eigenvalue weighted by molar-refractivity contribution is -0.121. The maximum Gasteiger partial charge on any atom is 0.349 e. The molecule has 0 bridgehead atoms. The van der Waals surface area contributed by atoms with Gasteiger partial charge in [-0.05, 0) is 13.8 Å². The van der Waals surface area contributed by atoms with E-state index in [0.29, 0.717) is 0 Å². The van der Waals surface area contributed by atoms with E-state index in [0.717, 1.165) is 0 Å². The minimum absolute atomic E-state index is 0.172. The second-order valence-corrected chi connectivity index (χ2v) is 5.35. The monoisotopic (exact) mass is 270 g/mol. The highest BCUT2D eigenvalue weighted by Gasteiger charge is 2.25. The van der Waals surface area contributed by atoms with E-state index >= 15 is 0 Å². The first-order chi connectivity index (χ1) is 7.49. The van der Waals surface area contributed by atoms with Gasteiger partial charge in [-0.3, -0.25) is 9.36 Å². The molecule has 0 heterocycles. The van der Waals surface area contributed by atoms with E-state index in [9.17, 15) is 9.36 Å². The number of rotatable bonds is 8. The second kappa shape index (κ2) is 8.08. The first-order valence-corrected chi connectivity index (χ1v) is 7.37. The lowest BCUT2D eigenvalue weighted by Crippen LogP contribution is -2.42. The molecular weight excluding hydrogens is 251 g/mol. The van der Waals surface area contributed by atoms with Crippen molar-refractivity contribution in [1.82, 2.24) is 5.32 Å². The van der Waals surface area contributed by atoms with Crippen LogP contribution in [0.5, 0.6) is 0 Å². The summed E-state index contributed by atoms with van der Waals surface area (Å²) in [7, 11) is -3.24. The molecule has 6 nitrogen and oxygen atoms in total. The Hall–Kier alpha value is -0.0700. The average molecular weight is 270 g/mol. The molecule has 8 heteroatoms. The van der Waals surface area contributed by atoms with Gasteiger partial charge in [-0.15, -0.1) is 0 Å². The highest BCUT2D eigenvalue weighted by molar-refractivity contribution is 7.80. The highest BCUT2D eigenvalue weighted by atomic mass is 32.1. The molecule has 3 N–H and O–H groups in total. The van der Waals surface area contributed by atoms with Crippen LogP contribution in [0.25, 0.3) is 0 Å². The summed E-state index contributed by atoms with van der Waals surface area (Å²) in [5.74, 6) is -0.200. The molecule has 0 radical (unpaired) electrons. The fourth-order valence-electron chi connectivity index (χ4n) is 0.911. The van der Waals surface area contributed by atoms with Crippen LogP contribution in [0.2, 0.25) is 0 Å². The molecule has 0 aromatic heterocycles. The fraction of sp³-hybridized carbons (Fsp3) is 0.875. The van der Waals surface area contributed by atoms with Gasteiger partial charge in [0.25, 0.3) is 0 Å². The summed E-state index contributed by atoms with van der Waals surface area (Å²) in [6, 6.07) is -0.722. The summed E-state index contributed by atoms with van der Waals surface area (Å²) in [5.41, 5.74) is 5.43. The summed E-state index contributed by atoms with van der Waals surface area (Å²) < 4.78 is 21.9. The van der Waals surface area contributed by atoms with Gasteiger partial charge in [0, 0.05) is 5.75 Å². The number of carbonyl (C=O) groups excluding carboxylic acids is 1. The van der Waals surface area contributed by atoms with Crippen LogP contribution in [0.15, 0.2) is 0 Å². The topological polar surface area (TPSA) is 90.7 Å². The van der Waals surface area contributed by atoms with Crippen molar-refractivity contribution in [2.24, 2.45) is 5.73 Å². The number of nitrogens with two attached hydrogens (primary N) is 1. The van der Waals surface area contributed by atoms with Gasteiger partial charge in [-0.25, -0.2) is 0 Å². The normalized spacial score (nSPS) is 13.5. The standard InChI is InChI=1S/C8H19N2O4PS/c1-3-13-15(12,14-4-2)6-10-8(11)7(9)5-16/h7,16H,3-6,9H2,1-2H3,(H,10,11)/t7-/m0/s1. The van der Waals surface area contributed by atoms with Gasteiger partial charge in [0.05, 0.1) is 19.3 Å². The van der Waals surface area contributed by atoms with Crippen LogP contribution < -0.4 is 11.1 Å². The van der Waals surface area contributed by atoms with Crippen LogP contribution in [0.1, 0.15) is 13.8 Å². The van der Waals surface area contributed by atoms with Gasteiger partial charge in [0.1, 0.15) is 6.29 Å². The Morgan fingerprint density at radius 1 is 1.44 bits per heavy atom. The highest BCUT2D eigenvalue weighted by Crippen LogP contribution is 2.46. The van der Waals surface area contributed by atoms with E-state index in [1.165, 1.54) is 0 Å². The molecule has 0 saturated heterocycles. The van der Waals surface area contributed by atoms with Crippen molar-refractivity contribution >= 4 is 26.1 Å². The first-order valence-electron chi connectivity index (χ1n) is 5.01. The summed E-state index contributed by atoms with van der Waals surface area (Å²) in [6.45, 7) is 3.91. The van der Waals surface area contributed by atoms with Crippen molar-refractivity contribution in [1.29, 1.82) is 0 Å². The number of amides is 1. The van der Waals surface area contributed by atoms with Gasteiger partial charge in [-0.2, -0.15) is 12.6 Å². The minimum Gasteiger partial charge on any atom is -0.343 e. The predicted molar refractivity (Wildman–Crippen MR) is 65.7 cm³/mol. The largest absolute Gasteiger partial charge is 0.349 e. The van der Waals surface area contributed by atoms with Gasteiger partial charge < -0.3 is 20.1 Å². The van der Waals surface area contributed by atoms with Crippen LogP contribution >= 0.6 is 20.2 Å². The molecule has 0 spiro atoms. The molecule has 16 heavy (non-hydrogen) atoms. The lowest BCUT2D eigenvalue weighted by atomic mass is 10.3. The van der Waals surface area contributed by atoms with Gasteiger partial charge in [-0.1, -0.05) is 0 Å². The number of carbonyl (C=O) groups is 1. The smallest absolute Gasteiger partial charge is 0.343 e. The number of nitrogens with one attached hydrogen (secondary N) is 1. The first kappa shape index (κ1) is 15.9. The SMILES string of the molecule is CCOP(=O)(CNC(=O)[C@@H](N)CS)OCC. The molecule has 0 saturated carbocycles. The molecule has 0 aliphatic heterocycles. The third kappa shape index (κ3) is 5.86. The summed E-state index contributed by atoms with van der Waals surface area (Å²) in [6.07, 6.45) is -0.172. The number of hydrogen-bond acceptors (Lipinski definition) is 6. The predicted octanol–water partition coefficient (Wildman–Crippen LogP) is 0.583. The zero-order chi connectivity index (χ0) is 12.6. The van der Waals surface area contributed by atoms with Crippen molar-refractivity contribution in [3.8, 4) is 0 Å². The Morgan fingerprint density at radius 2 is 1.94 bits per heavy atom. The third-order valence-corrected chi connectivity index (χ3v) is 3.87. The van der Waals surface area contributed by atoms with E-state index in [4.69, 9.17) is 14.8 Å². The van der Waals surface area contributed by atoms with E-state index in [1.54, 1.807) is 13.8 Å². The zero-order valence-corrected chi connectivity index (χ0v) is 11.3. The van der Waals surface area contributed by atoms with E-state index in [2.05, 4.69) is 17.9 Å². The molecular formula is C8H19N2O4PS. The van der Waals surface area contributed by atoms with E-state index in [-0.39, 0.29) is 25.3 Å². The van der Waals surface area contributed by atoms with E-state index < -0.39 is 19.5 Å². The van der Waals surface area contributed by atoms with Gasteiger partial charge in [0.2, 0.25) is 5.91 Å². The number of hydrogen-bond donors (Lipinski definition) is 3. The van der Waals surface area contributed by atoms with Gasteiger partial charge >= 0.3 is 7.60 Å². The van der Waals surface area contributed by atoms with Gasteiger partial charge in [0.15, 0.2) is 0 Å². The van der Waals surface area contributed by atoms with Crippen LogP contribution in [-0.2, 0) is 18.4 Å². The molecule has 0 rings (SSSR count). The quantitative estimate of drug-likeness (QED) is 0.443. The zero-order valence-electron chi connectivity index (χ0n) is 9.51. The molecule has 1 amide bonds. The molecule has 0 aromatic rings. The van der Waals surface area contributed by atoms with Crippen LogP contribution in [0.3, 0.4) is 0 Å². The Kier molecular flexibility index (Phi) is 8.05. The summed E-state index contributed by atoms with van der Waals surface area (Å²) in [4.78, 5) is 11.3. The molecule has 0 unspecified atom stereocenters. The minimum atomic E-state index is -3.24. The Bertz CT molecular complexity index is 254. The van der Waals surface area contributed by atoms with Crippen LogP contribution in [0, 0.1) is 0 Å². The van der Waals surface area contributed by atoms with Crippen molar-refractivity contribution in [2.45, 2.75) is 19.9 Å². The van der Waals surface area contributed by atoms with Crippen molar-refractivity contribution in [2.75, 3.05) is 25.3 Å². The van der Waals surface area contributed by atoms with E-state index in [1.807, 2.05) is 0 Å². The van der Waals surface area contributed by atoms with Crippen molar-refractivity contribution in [3.05, 3.63) is 0 Å². The summed E-state index contributed by atoms with van der Waals surface area (Å²) >= 11 is 3.89. The molecule has 0 aliphatic carbocycles. The van der Waals surface area contributed by atoms with Crippen molar-refractivity contribution < 1.29 is 18.4 Å². The Morgan fingerprint density at radius 3 is 2.31 bits per heavy atom. The molecule has 0 fully saturated rings. The molecule has 1 atom stereocenters. The fourth-order valence-corrected chi connectivity index (χ4v) is 2.47. The lowest BCUT2D eigenvalue weighted by Gasteiger charge is -2.18. The summed E-state index contributed by atoms with van der Waals surface area (Å²) in [5, 5.41) is 2.42. The average Bonchev–Trinajstić information content (AvgIpc) is 2.25. The van der Waals surface area contributed by atoms with Crippen LogP contribution in [0.4, 0.5) is 0 Å². The molecule has 96 valence electrons. The maximum atomic E-state index is 11.9. The second-order valence-electron chi connectivity index (χ2n) is 2.93. The van der Waals surface area contributed by atoms with Crippen LogP contribution in [-0.4, -0.2) is 37.2 Å². The van der Waals surface area contributed by atoms with Crippen molar-refractivity contribution in [3.63, 3.8) is 0 Å². The molecule has 0 aromatic carbocycles. The Labute approximate surface area is 101 Å².